The topological polar surface area (TPSA) is 93.3 Å². The van der Waals surface area contributed by atoms with Gasteiger partial charge >= 0.3 is 0 Å². The highest BCUT2D eigenvalue weighted by atomic mass is 32.2. The monoisotopic (exact) mass is 254 g/mol. The van der Waals surface area contributed by atoms with Gasteiger partial charge in [0.05, 0.1) is 4.90 Å². The van der Waals surface area contributed by atoms with Gasteiger partial charge in [-0.15, -0.1) is 0 Å². The third-order valence-electron chi connectivity index (χ3n) is 2.15. The van der Waals surface area contributed by atoms with Gasteiger partial charge in [0, 0.05) is 13.3 Å². The van der Waals surface area contributed by atoms with Crippen LogP contribution < -0.4 is 0 Å². The number of aromatic nitrogens is 2. The largest absolute Gasteiger partial charge is 0.340 e. The first kappa shape index (κ1) is 11.7. The van der Waals surface area contributed by atoms with Crippen molar-refractivity contribution in [2.75, 3.05) is 0 Å². The lowest BCUT2D eigenvalue weighted by molar-refractivity contribution is 0.388. The Labute approximate surface area is 98.0 Å². The van der Waals surface area contributed by atoms with Gasteiger partial charge in [0.15, 0.2) is 5.82 Å². The van der Waals surface area contributed by atoms with Crippen LogP contribution in [0.4, 0.5) is 0 Å². The normalized spacial score (nSPS) is 11.6. The molecule has 0 atom stereocenters. The van der Waals surface area contributed by atoms with Crippen molar-refractivity contribution in [1.29, 1.82) is 0 Å². The lowest BCUT2D eigenvalue weighted by atomic mass is 10.1. The Kier molecular flexibility index (Phi) is 2.95. The maximum absolute atomic E-state index is 10.8. The van der Waals surface area contributed by atoms with E-state index in [4.69, 9.17) is 9.08 Å². The molecule has 2 rings (SSSR count). The predicted octanol–water partition coefficient (Wildman–Crippen LogP) is 1.22. The number of nitrogens with zero attached hydrogens (tertiary/aromatic N) is 2. The molecule has 0 amide bonds. The Morgan fingerprint density at radius 2 is 1.94 bits per heavy atom. The summed E-state index contributed by atoms with van der Waals surface area (Å²) in [5.74, 6) is 1.01. The molecule has 1 aromatic heterocycles. The second-order valence-corrected chi connectivity index (χ2v) is 4.95. The fourth-order valence-corrected chi connectivity index (χ4v) is 1.85. The Balaban J connectivity index is 2.19. The Bertz CT molecular complexity index is 616. The van der Waals surface area contributed by atoms with Crippen LogP contribution in [0.25, 0.3) is 0 Å². The second kappa shape index (κ2) is 4.27. The van der Waals surface area contributed by atoms with Gasteiger partial charge in [-0.1, -0.05) is 17.3 Å². The lowest BCUT2D eigenvalue weighted by Crippen LogP contribution is -1.98. The van der Waals surface area contributed by atoms with Crippen LogP contribution in [0.2, 0.25) is 0 Å². The molecule has 0 bridgehead atoms. The SMILES string of the molecule is Cc1nc(Cc2ccc(S(=O)(=O)O)cc2)no1. The second-order valence-electron chi connectivity index (χ2n) is 3.53. The maximum Gasteiger partial charge on any atom is 0.294 e. The van der Waals surface area contributed by atoms with E-state index in [2.05, 4.69) is 10.1 Å². The van der Waals surface area contributed by atoms with Crippen LogP contribution in [-0.4, -0.2) is 23.1 Å². The summed E-state index contributed by atoms with van der Waals surface area (Å²) in [7, 11) is -4.14. The fourth-order valence-electron chi connectivity index (χ4n) is 1.37. The Morgan fingerprint density at radius 3 is 2.41 bits per heavy atom. The van der Waals surface area contributed by atoms with Gasteiger partial charge in [0.25, 0.3) is 10.1 Å². The van der Waals surface area contributed by atoms with E-state index in [9.17, 15) is 8.42 Å². The first-order valence-corrected chi connectivity index (χ1v) is 6.25. The van der Waals surface area contributed by atoms with E-state index in [-0.39, 0.29) is 4.90 Å². The van der Waals surface area contributed by atoms with Crippen LogP contribution in [0.3, 0.4) is 0 Å². The quantitative estimate of drug-likeness (QED) is 0.827. The van der Waals surface area contributed by atoms with Crippen molar-refractivity contribution in [2.24, 2.45) is 0 Å². The number of benzene rings is 1. The summed E-state index contributed by atoms with van der Waals surface area (Å²) in [6, 6.07) is 5.85. The van der Waals surface area contributed by atoms with Crippen molar-refractivity contribution in [2.45, 2.75) is 18.2 Å². The number of hydrogen-bond donors (Lipinski definition) is 1. The smallest absolute Gasteiger partial charge is 0.294 e. The molecule has 6 nitrogen and oxygen atoms in total. The zero-order valence-corrected chi connectivity index (χ0v) is 9.81. The van der Waals surface area contributed by atoms with Crippen molar-refractivity contribution in [3.63, 3.8) is 0 Å². The molecule has 7 heteroatoms. The van der Waals surface area contributed by atoms with Crippen molar-refractivity contribution in [1.82, 2.24) is 10.1 Å². The van der Waals surface area contributed by atoms with Crippen LogP contribution in [0.5, 0.6) is 0 Å². The predicted molar refractivity (Wildman–Crippen MR) is 58.1 cm³/mol. The first-order chi connectivity index (χ1) is 7.95. The van der Waals surface area contributed by atoms with Gasteiger partial charge in [-0.2, -0.15) is 13.4 Å². The number of hydrogen-bond acceptors (Lipinski definition) is 5. The van der Waals surface area contributed by atoms with E-state index in [1.54, 1.807) is 19.1 Å². The molecule has 17 heavy (non-hydrogen) atoms. The Morgan fingerprint density at radius 1 is 1.29 bits per heavy atom. The summed E-state index contributed by atoms with van der Waals surface area (Å²) < 4.78 is 35.3. The number of aryl methyl sites for hydroxylation is 1. The van der Waals surface area contributed by atoms with E-state index in [1.165, 1.54) is 12.1 Å². The highest BCUT2D eigenvalue weighted by Crippen LogP contribution is 2.12. The van der Waals surface area contributed by atoms with E-state index < -0.39 is 10.1 Å². The molecule has 1 N–H and O–H groups in total. The molecule has 0 fully saturated rings. The first-order valence-electron chi connectivity index (χ1n) is 4.81. The minimum absolute atomic E-state index is 0.134. The van der Waals surface area contributed by atoms with Crippen molar-refractivity contribution in [3.05, 3.63) is 41.5 Å². The minimum Gasteiger partial charge on any atom is -0.340 e. The van der Waals surface area contributed by atoms with Gasteiger partial charge in [0.1, 0.15) is 0 Å². The standard InChI is InChI=1S/C10H10N2O4S/c1-7-11-10(12-16-7)6-8-2-4-9(5-3-8)17(13,14)15/h2-5H,6H2,1H3,(H,13,14,15). The molecule has 0 unspecified atom stereocenters. The molecule has 0 aliphatic rings. The molecule has 0 aliphatic heterocycles. The van der Waals surface area contributed by atoms with Crippen molar-refractivity contribution in [3.8, 4) is 0 Å². The molecule has 90 valence electrons. The highest BCUT2D eigenvalue weighted by Gasteiger charge is 2.09. The minimum atomic E-state index is -4.14. The summed E-state index contributed by atoms with van der Waals surface area (Å²) in [4.78, 5) is 3.90. The summed E-state index contributed by atoms with van der Waals surface area (Å²) in [5.41, 5.74) is 0.832. The third kappa shape index (κ3) is 2.89. The summed E-state index contributed by atoms with van der Waals surface area (Å²) in [5, 5.41) is 3.73. The van der Waals surface area contributed by atoms with E-state index >= 15 is 0 Å². The molecular weight excluding hydrogens is 244 g/mol. The van der Waals surface area contributed by atoms with Gasteiger partial charge in [-0.05, 0) is 17.7 Å². The third-order valence-corrected chi connectivity index (χ3v) is 3.02. The van der Waals surface area contributed by atoms with Gasteiger partial charge < -0.3 is 4.52 Å². The molecule has 0 saturated carbocycles. The summed E-state index contributed by atoms with van der Waals surface area (Å²) >= 11 is 0. The van der Waals surface area contributed by atoms with E-state index in [0.717, 1.165) is 5.56 Å². The van der Waals surface area contributed by atoms with Crippen LogP contribution in [0.1, 0.15) is 17.3 Å². The highest BCUT2D eigenvalue weighted by molar-refractivity contribution is 7.85. The molecule has 2 aromatic rings. The van der Waals surface area contributed by atoms with Gasteiger partial charge in [-0.25, -0.2) is 0 Å². The zero-order chi connectivity index (χ0) is 12.5. The molecule has 0 spiro atoms. The molecule has 0 aliphatic carbocycles. The van der Waals surface area contributed by atoms with Gasteiger partial charge in [-0.3, -0.25) is 4.55 Å². The number of rotatable bonds is 3. The summed E-state index contributed by atoms with van der Waals surface area (Å²) in [6.45, 7) is 1.69. The van der Waals surface area contributed by atoms with Crippen LogP contribution in [0, 0.1) is 6.92 Å². The maximum atomic E-state index is 10.8. The van der Waals surface area contributed by atoms with E-state index in [1.807, 2.05) is 0 Å². The fraction of sp³-hybridized carbons (Fsp3) is 0.200. The average Bonchev–Trinajstić information content (AvgIpc) is 2.63. The van der Waals surface area contributed by atoms with Crippen molar-refractivity contribution >= 4 is 10.1 Å². The Hall–Kier alpha value is -1.73. The molecule has 1 aromatic carbocycles. The summed E-state index contributed by atoms with van der Waals surface area (Å²) in [6.07, 6.45) is 0.448. The van der Waals surface area contributed by atoms with Crippen molar-refractivity contribution < 1.29 is 17.5 Å². The molecule has 1 heterocycles. The molecule has 0 radical (unpaired) electrons. The lowest BCUT2D eigenvalue weighted by Gasteiger charge is -1.99. The molecule has 0 saturated heterocycles. The zero-order valence-electron chi connectivity index (χ0n) is 8.99. The van der Waals surface area contributed by atoms with E-state index in [0.29, 0.717) is 18.1 Å². The van der Waals surface area contributed by atoms with Crippen LogP contribution in [-0.2, 0) is 16.5 Å². The van der Waals surface area contributed by atoms with Crippen LogP contribution in [0.15, 0.2) is 33.7 Å². The van der Waals surface area contributed by atoms with Gasteiger partial charge in [0.2, 0.25) is 5.89 Å². The molecular formula is C10H10N2O4S. The van der Waals surface area contributed by atoms with Crippen LogP contribution >= 0.6 is 0 Å². The average molecular weight is 254 g/mol.